The molecule has 1 aromatic rings. The van der Waals surface area contributed by atoms with E-state index in [0.717, 1.165) is 25.9 Å². The molecule has 3 amide bonds. The summed E-state index contributed by atoms with van der Waals surface area (Å²) < 4.78 is 5.56. The maximum Gasteiger partial charge on any atom is 0.305 e. The Labute approximate surface area is 160 Å². The summed E-state index contributed by atoms with van der Waals surface area (Å²) >= 11 is 0. The Morgan fingerprint density at radius 2 is 1.89 bits per heavy atom. The number of piperidine rings is 1. The quantitative estimate of drug-likeness (QED) is 0.704. The highest BCUT2D eigenvalue weighted by Gasteiger charge is 2.31. The highest BCUT2D eigenvalue weighted by molar-refractivity contribution is 5.94. The first-order chi connectivity index (χ1) is 13.0. The Balaban J connectivity index is 1.90. The van der Waals surface area contributed by atoms with Crippen molar-refractivity contribution < 1.29 is 18.8 Å². The van der Waals surface area contributed by atoms with Gasteiger partial charge in [-0.25, -0.2) is 0 Å². The van der Waals surface area contributed by atoms with Crippen molar-refractivity contribution in [1.82, 2.24) is 20.7 Å². The molecule has 1 unspecified atom stereocenters. The van der Waals surface area contributed by atoms with Gasteiger partial charge >= 0.3 is 5.91 Å². The number of carbonyl (C=O) groups is 3. The van der Waals surface area contributed by atoms with Gasteiger partial charge in [0.2, 0.25) is 5.91 Å². The number of nitrogens with one attached hydrogen (secondary N) is 2. The van der Waals surface area contributed by atoms with E-state index in [1.54, 1.807) is 24.0 Å². The van der Waals surface area contributed by atoms with Crippen LogP contribution in [0.4, 0.5) is 0 Å². The summed E-state index contributed by atoms with van der Waals surface area (Å²) in [6, 6.07) is 2.81. The number of likely N-dealkylation sites (tertiary alicyclic amines) is 1. The molecule has 0 spiro atoms. The molecule has 2 heterocycles. The lowest BCUT2D eigenvalue weighted by Crippen LogP contribution is -2.55. The monoisotopic (exact) mass is 378 g/mol. The lowest BCUT2D eigenvalue weighted by molar-refractivity contribution is -0.142. The summed E-state index contributed by atoms with van der Waals surface area (Å²) in [5, 5.41) is 0. The van der Waals surface area contributed by atoms with Crippen molar-refractivity contribution in [3.63, 3.8) is 0 Å². The summed E-state index contributed by atoms with van der Waals surface area (Å²) in [5.74, 6) is -0.101. The fraction of sp³-hybridized carbons (Fsp3) is 0.632. The minimum Gasteiger partial charge on any atom is -0.454 e. The maximum atomic E-state index is 12.4. The van der Waals surface area contributed by atoms with Gasteiger partial charge in [-0.1, -0.05) is 20.8 Å². The second-order valence-corrected chi connectivity index (χ2v) is 6.62. The summed E-state index contributed by atoms with van der Waals surface area (Å²) in [6.07, 6.45) is 2.73. The zero-order chi connectivity index (χ0) is 19.8. The molecule has 1 atom stereocenters. The van der Waals surface area contributed by atoms with Crippen molar-refractivity contribution in [2.24, 2.45) is 0 Å². The van der Waals surface area contributed by atoms with Gasteiger partial charge in [-0.15, -0.1) is 0 Å². The van der Waals surface area contributed by atoms with Gasteiger partial charge in [0, 0.05) is 13.0 Å². The third-order valence-electron chi connectivity index (χ3n) is 4.89. The predicted molar refractivity (Wildman–Crippen MR) is 101 cm³/mol. The Morgan fingerprint density at radius 3 is 2.56 bits per heavy atom. The molecule has 150 valence electrons. The molecular weight excluding hydrogens is 348 g/mol. The molecule has 2 N–H and O–H groups in total. The number of hydrogen-bond acceptors (Lipinski definition) is 5. The standard InChI is InChI=1S/C19H30N4O4/c1-4-17(24)23-12-8-7-9-15(23)18(25)20-21-19(26)16-11-10-14(27-16)13-22(5-2)6-3/h10-11,15H,4-9,12-13H2,1-3H3,(H,20,25)(H,21,26). The number of nitrogens with zero attached hydrogens (tertiary/aromatic N) is 2. The Morgan fingerprint density at radius 1 is 1.15 bits per heavy atom. The zero-order valence-corrected chi connectivity index (χ0v) is 16.4. The maximum absolute atomic E-state index is 12.4. The first kappa shape index (κ1) is 21.0. The molecule has 0 bridgehead atoms. The first-order valence-corrected chi connectivity index (χ1v) is 9.70. The molecule has 0 radical (unpaired) electrons. The fourth-order valence-electron chi connectivity index (χ4n) is 3.22. The molecule has 1 aromatic heterocycles. The van der Waals surface area contributed by atoms with E-state index in [4.69, 9.17) is 4.42 Å². The van der Waals surface area contributed by atoms with Crippen molar-refractivity contribution in [3.8, 4) is 0 Å². The topological polar surface area (TPSA) is 94.9 Å². The van der Waals surface area contributed by atoms with E-state index in [9.17, 15) is 14.4 Å². The van der Waals surface area contributed by atoms with Crippen LogP contribution in [0.2, 0.25) is 0 Å². The van der Waals surface area contributed by atoms with Gasteiger partial charge < -0.3 is 9.32 Å². The molecule has 2 rings (SSSR count). The lowest BCUT2D eigenvalue weighted by Gasteiger charge is -2.34. The number of furan rings is 1. The molecule has 0 aromatic carbocycles. The molecule has 0 saturated carbocycles. The minimum absolute atomic E-state index is 0.0479. The van der Waals surface area contributed by atoms with Crippen LogP contribution in [-0.4, -0.2) is 53.2 Å². The van der Waals surface area contributed by atoms with Gasteiger partial charge in [0.05, 0.1) is 6.54 Å². The van der Waals surface area contributed by atoms with E-state index in [1.807, 2.05) is 0 Å². The van der Waals surface area contributed by atoms with E-state index in [-0.39, 0.29) is 17.6 Å². The summed E-state index contributed by atoms with van der Waals surface area (Å²) in [4.78, 5) is 40.5. The van der Waals surface area contributed by atoms with Crippen molar-refractivity contribution in [3.05, 3.63) is 23.7 Å². The average Bonchev–Trinajstić information content (AvgIpc) is 3.18. The van der Waals surface area contributed by atoms with Crippen molar-refractivity contribution >= 4 is 17.7 Å². The summed E-state index contributed by atoms with van der Waals surface area (Å²) in [6.45, 7) is 8.89. The molecule has 27 heavy (non-hydrogen) atoms. The largest absolute Gasteiger partial charge is 0.454 e. The molecule has 1 aliphatic heterocycles. The average molecular weight is 378 g/mol. The number of rotatable bonds is 7. The SMILES string of the molecule is CCC(=O)N1CCCCC1C(=O)NNC(=O)c1ccc(CN(CC)CC)o1. The van der Waals surface area contributed by atoms with Crippen LogP contribution >= 0.6 is 0 Å². The number of carbonyl (C=O) groups excluding carboxylic acids is 3. The number of hydrogen-bond donors (Lipinski definition) is 2. The van der Waals surface area contributed by atoms with Gasteiger partial charge in [-0.05, 0) is 44.5 Å². The van der Waals surface area contributed by atoms with Crippen LogP contribution in [0.25, 0.3) is 0 Å². The Kier molecular flexibility index (Phi) is 7.84. The number of hydrazine groups is 1. The van der Waals surface area contributed by atoms with E-state index >= 15 is 0 Å². The second kappa shape index (κ2) is 10.1. The molecule has 0 aliphatic carbocycles. The van der Waals surface area contributed by atoms with E-state index in [2.05, 4.69) is 29.6 Å². The summed E-state index contributed by atoms with van der Waals surface area (Å²) in [7, 11) is 0. The van der Waals surface area contributed by atoms with Crippen LogP contribution in [0.5, 0.6) is 0 Å². The van der Waals surface area contributed by atoms with E-state index in [0.29, 0.717) is 31.7 Å². The summed E-state index contributed by atoms with van der Waals surface area (Å²) in [5.41, 5.74) is 4.81. The molecule has 8 heteroatoms. The van der Waals surface area contributed by atoms with Crippen LogP contribution in [0.3, 0.4) is 0 Å². The Hall–Kier alpha value is -2.35. The Bertz CT molecular complexity index is 654. The van der Waals surface area contributed by atoms with E-state index in [1.165, 1.54) is 0 Å². The smallest absolute Gasteiger partial charge is 0.305 e. The zero-order valence-electron chi connectivity index (χ0n) is 16.4. The van der Waals surface area contributed by atoms with Crippen LogP contribution in [0.1, 0.15) is 62.8 Å². The van der Waals surface area contributed by atoms with Gasteiger partial charge in [0.1, 0.15) is 11.8 Å². The molecule has 1 fully saturated rings. The molecule has 1 saturated heterocycles. The minimum atomic E-state index is -0.540. The van der Waals surface area contributed by atoms with Gasteiger partial charge in [0.25, 0.3) is 5.91 Å². The van der Waals surface area contributed by atoms with E-state index < -0.39 is 11.9 Å². The third kappa shape index (κ3) is 5.56. The fourth-order valence-corrected chi connectivity index (χ4v) is 3.22. The van der Waals surface area contributed by atoms with Crippen LogP contribution in [0, 0.1) is 0 Å². The first-order valence-electron chi connectivity index (χ1n) is 9.70. The second-order valence-electron chi connectivity index (χ2n) is 6.62. The molecule has 1 aliphatic rings. The molecular formula is C19H30N4O4. The molecule has 8 nitrogen and oxygen atoms in total. The van der Waals surface area contributed by atoms with Crippen LogP contribution < -0.4 is 10.9 Å². The van der Waals surface area contributed by atoms with Crippen LogP contribution in [-0.2, 0) is 16.1 Å². The van der Waals surface area contributed by atoms with Crippen molar-refractivity contribution in [2.75, 3.05) is 19.6 Å². The van der Waals surface area contributed by atoms with Gasteiger partial charge in [0.15, 0.2) is 5.76 Å². The highest BCUT2D eigenvalue weighted by atomic mass is 16.4. The van der Waals surface area contributed by atoms with Gasteiger partial charge in [-0.3, -0.25) is 30.1 Å². The van der Waals surface area contributed by atoms with Crippen LogP contribution in [0.15, 0.2) is 16.5 Å². The normalized spacial score (nSPS) is 17.0. The van der Waals surface area contributed by atoms with Gasteiger partial charge in [-0.2, -0.15) is 0 Å². The lowest BCUT2D eigenvalue weighted by atomic mass is 10.0. The van der Waals surface area contributed by atoms with Crippen molar-refractivity contribution in [2.45, 2.75) is 59.0 Å². The number of amides is 3. The third-order valence-corrected chi connectivity index (χ3v) is 4.89. The predicted octanol–water partition coefficient (Wildman–Crippen LogP) is 1.67. The highest BCUT2D eigenvalue weighted by Crippen LogP contribution is 2.18. The van der Waals surface area contributed by atoms with Crippen molar-refractivity contribution in [1.29, 1.82) is 0 Å².